The second-order valence-corrected chi connectivity index (χ2v) is 8.63. The summed E-state index contributed by atoms with van der Waals surface area (Å²) in [7, 11) is 0. The third-order valence-corrected chi connectivity index (χ3v) is 5.92. The molecule has 3 N–H and O–H groups in total. The Morgan fingerprint density at radius 3 is 2.47 bits per heavy atom. The van der Waals surface area contributed by atoms with E-state index in [1.165, 1.54) is 28.2 Å². The number of ether oxygens (including phenoxy) is 1. The van der Waals surface area contributed by atoms with Crippen molar-refractivity contribution in [3.8, 4) is 5.75 Å². The molecule has 3 rings (SSSR count). The van der Waals surface area contributed by atoms with Gasteiger partial charge in [-0.2, -0.15) is 0 Å². The first kappa shape index (κ1) is 21.8. The second kappa shape index (κ2) is 10.2. The zero-order valence-corrected chi connectivity index (χ0v) is 18.1. The molecule has 160 valence electrons. The molecule has 30 heavy (non-hydrogen) atoms. The Labute approximate surface area is 180 Å². The lowest BCUT2D eigenvalue weighted by Crippen LogP contribution is -2.46. The van der Waals surface area contributed by atoms with Gasteiger partial charge >= 0.3 is 0 Å². The maximum atomic E-state index is 12.3. The van der Waals surface area contributed by atoms with Gasteiger partial charge in [0.1, 0.15) is 5.75 Å². The average molecular weight is 430 g/mol. The maximum Gasteiger partial charge on any atom is 0.279 e. The molecule has 8 heteroatoms. The van der Waals surface area contributed by atoms with E-state index in [4.69, 9.17) is 4.74 Å². The van der Waals surface area contributed by atoms with Crippen LogP contribution in [0.5, 0.6) is 5.75 Å². The summed E-state index contributed by atoms with van der Waals surface area (Å²) >= 11 is 1.49. The largest absolute Gasteiger partial charge is 0.491 e. The lowest BCUT2D eigenvalue weighted by atomic mass is 10.1. The molecule has 3 amide bonds. The Bertz CT molecular complexity index is 882. The van der Waals surface area contributed by atoms with Crippen LogP contribution in [0, 0.1) is 0 Å². The van der Waals surface area contributed by atoms with Crippen molar-refractivity contribution in [3.05, 3.63) is 51.2 Å². The molecule has 1 aromatic heterocycles. The van der Waals surface area contributed by atoms with Crippen LogP contribution in [0.4, 0.5) is 0 Å². The Hall–Kier alpha value is -2.87. The molecule has 7 nitrogen and oxygen atoms in total. The Morgan fingerprint density at radius 1 is 1.00 bits per heavy atom. The normalized spacial score (nSPS) is 13.2. The smallest absolute Gasteiger partial charge is 0.279 e. The monoisotopic (exact) mass is 429 g/mol. The minimum atomic E-state index is -0.505. The number of thiophene rings is 1. The van der Waals surface area contributed by atoms with E-state index in [0.717, 1.165) is 25.7 Å². The molecule has 0 fully saturated rings. The highest BCUT2D eigenvalue weighted by molar-refractivity contribution is 7.14. The summed E-state index contributed by atoms with van der Waals surface area (Å²) in [5.41, 5.74) is 6.42. The molecule has 2 aromatic rings. The fourth-order valence-corrected chi connectivity index (χ4v) is 4.38. The predicted molar refractivity (Wildman–Crippen MR) is 116 cm³/mol. The first-order valence-electron chi connectivity index (χ1n) is 10.2. The van der Waals surface area contributed by atoms with Crippen LogP contribution < -0.4 is 20.9 Å². The Kier molecular flexibility index (Phi) is 7.46. The van der Waals surface area contributed by atoms with E-state index in [2.05, 4.69) is 16.2 Å². The molecular formula is C22H27N3O4S. The molecule has 0 saturated heterocycles. The van der Waals surface area contributed by atoms with Crippen molar-refractivity contribution in [3.63, 3.8) is 0 Å². The average Bonchev–Trinajstić information content (AvgIpc) is 3.01. The van der Waals surface area contributed by atoms with Gasteiger partial charge in [0.25, 0.3) is 17.7 Å². The summed E-state index contributed by atoms with van der Waals surface area (Å²) in [5.74, 6) is -0.550. The van der Waals surface area contributed by atoms with Crippen LogP contribution in [0.25, 0.3) is 0 Å². The van der Waals surface area contributed by atoms with E-state index in [1.54, 1.807) is 24.3 Å². The number of hydrogen-bond donors (Lipinski definition) is 3. The van der Waals surface area contributed by atoms with Crippen molar-refractivity contribution in [2.75, 3.05) is 6.54 Å². The van der Waals surface area contributed by atoms with Gasteiger partial charge in [-0.15, -0.1) is 11.3 Å². The number of carbonyl (C=O) groups is 3. The van der Waals surface area contributed by atoms with Gasteiger partial charge in [0, 0.05) is 10.4 Å². The van der Waals surface area contributed by atoms with Gasteiger partial charge < -0.3 is 10.1 Å². The summed E-state index contributed by atoms with van der Waals surface area (Å²) in [5, 5.41) is 2.53. The first-order valence-corrected chi connectivity index (χ1v) is 11.0. The molecule has 1 heterocycles. The molecular weight excluding hydrogens is 402 g/mol. The van der Waals surface area contributed by atoms with E-state index in [9.17, 15) is 14.4 Å². The number of benzene rings is 1. The van der Waals surface area contributed by atoms with Crippen LogP contribution in [-0.4, -0.2) is 30.4 Å². The number of amides is 3. The van der Waals surface area contributed by atoms with Gasteiger partial charge in [-0.25, -0.2) is 0 Å². The molecule has 0 atom stereocenters. The minimum Gasteiger partial charge on any atom is -0.491 e. The summed E-state index contributed by atoms with van der Waals surface area (Å²) < 4.78 is 5.54. The quantitative estimate of drug-likeness (QED) is 0.486. The maximum absolute atomic E-state index is 12.3. The molecule has 1 aromatic carbocycles. The third kappa shape index (κ3) is 6.06. The fraction of sp³-hybridized carbons (Fsp3) is 0.409. The Balaban J connectivity index is 1.43. The summed E-state index contributed by atoms with van der Waals surface area (Å²) in [6.07, 6.45) is 5.58. The Morgan fingerprint density at radius 2 is 1.73 bits per heavy atom. The van der Waals surface area contributed by atoms with Crippen LogP contribution in [0.1, 0.15) is 63.6 Å². The minimum absolute atomic E-state index is 0.0488. The third-order valence-electron chi connectivity index (χ3n) is 4.68. The highest BCUT2D eigenvalue weighted by Gasteiger charge is 2.17. The van der Waals surface area contributed by atoms with Crippen molar-refractivity contribution in [2.24, 2.45) is 0 Å². The van der Waals surface area contributed by atoms with Gasteiger partial charge in [-0.1, -0.05) is 6.42 Å². The van der Waals surface area contributed by atoms with Crippen LogP contribution in [0.15, 0.2) is 30.3 Å². The number of fused-ring (bicyclic) bond motifs is 1. The van der Waals surface area contributed by atoms with Crippen LogP contribution in [0.2, 0.25) is 0 Å². The lowest BCUT2D eigenvalue weighted by Gasteiger charge is -2.10. The van der Waals surface area contributed by atoms with Gasteiger partial charge in [0.15, 0.2) is 0 Å². The van der Waals surface area contributed by atoms with Crippen LogP contribution >= 0.6 is 11.3 Å². The van der Waals surface area contributed by atoms with Crippen molar-refractivity contribution < 1.29 is 19.1 Å². The summed E-state index contributed by atoms with van der Waals surface area (Å²) in [6.45, 7) is 3.60. The molecule has 1 aliphatic rings. The zero-order chi connectivity index (χ0) is 21.5. The number of rotatable bonds is 6. The number of hydrogen-bond acceptors (Lipinski definition) is 5. The molecule has 0 radical (unpaired) electrons. The van der Waals surface area contributed by atoms with Crippen molar-refractivity contribution in [1.82, 2.24) is 16.2 Å². The van der Waals surface area contributed by atoms with Gasteiger partial charge in [0.05, 0.1) is 17.5 Å². The first-order chi connectivity index (χ1) is 14.4. The van der Waals surface area contributed by atoms with E-state index < -0.39 is 5.91 Å². The van der Waals surface area contributed by atoms with Crippen molar-refractivity contribution in [1.29, 1.82) is 0 Å². The van der Waals surface area contributed by atoms with Gasteiger partial charge in [-0.05, 0) is 75.4 Å². The van der Waals surface area contributed by atoms with E-state index in [1.807, 2.05) is 19.9 Å². The molecule has 0 unspecified atom stereocenters. The van der Waals surface area contributed by atoms with E-state index in [0.29, 0.717) is 16.2 Å². The van der Waals surface area contributed by atoms with Gasteiger partial charge in [-0.3, -0.25) is 25.2 Å². The fourth-order valence-electron chi connectivity index (χ4n) is 3.23. The summed E-state index contributed by atoms with van der Waals surface area (Å²) in [6, 6.07) is 8.60. The highest BCUT2D eigenvalue weighted by Crippen LogP contribution is 2.28. The topological polar surface area (TPSA) is 96.5 Å². The number of nitrogens with one attached hydrogen (secondary N) is 3. The standard InChI is InChI=1S/C22H27N3O4S/c1-14(2)29-17-10-8-15(9-11-17)21(27)23-13-20(26)24-25-22(28)19-12-16-6-4-3-5-7-18(16)30-19/h8-12,14H,3-7,13H2,1-2H3,(H,23,27)(H,24,26)(H,25,28). The zero-order valence-electron chi connectivity index (χ0n) is 17.2. The van der Waals surface area contributed by atoms with Crippen molar-refractivity contribution in [2.45, 2.75) is 52.1 Å². The molecule has 0 saturated carbocycles. The number of aryl methyl sites for hydroxylation is 2. The highest BCUT2D eigenvalue weighted by atomic mass is 32.1. The molecule has 1 aliphatic carbocycles. The lowest BCUT2D eigenvalue weighted by molar-refractivity contribution is -0.120. The molecule has 0 aliphatic heterocycles. The molecule has 0 spiro atoms. The second-order valence-electron chi connectivity index (χ2n) is 7.50. The summed E-state index contributed by atoms with van der Waals surface area (Å²) in [4.78, 5) is 38.3. The van der Waals surface area contributed by atoms with Crippen molar-refractivity contribution >= 4 is 29.1 Å². The number of carbonyl (C=O) groups excluding carboxylic acids is 3. The number of hydrazine groups is 1. The molecule has 0 bridgehead atoms. The van der Waals surface area contributed by atoms with Gasteiger partial charge in [0.2, 0.25) is 0 Å². The van der Waals surface area contributed by atoms with Crippen LogP contribution in [-0.2, 0) is 17.6 Å². The SMILES string of the molecule is CC(C)Oc1ccc(C(=O)NCC(=O)NNC(=O)c2cc3c(s2)CCCCC3)cc1. The van der Waals surface area contributed by atoms with E-state index in [-0.39, 0.29) is 24.5 Å². The van der Waals surface area contributed by atoms with Crippen LogP contribution in [0.3, 0.4) is 0 Å². The predicted octanol–water partition coefficient (Wildman–Crippen LogP) is 3.00. The van der Waals surface area contributed by atoms with E-state index >= 15 is 0 Å².